The van der Waals surface area contributed by atoms with Crippen molar-refractivity contribution in [2.45, 2.75) is 13.2 Å². The van der Waals surface area contributed by atoms with Crippen molar-refractivity contribution in [1.82, 2.24) is 29.1 Å². The van der Waals surface area contributed by atoms with Gasteiger partial charge in [0.05, 0.1) is 30.0 Å². The average molecular weight is 422 g/mol. The smallest absolute Gasteiger partial charge is 0.241 e. The highest BCUT2D eigenvalue weighted by Crippen LogP contribution is 2.27. The molecule has 0 saturated heterocycles. The topological polar surface area (TPSA) is 90.9 Å². The van der Waals surface area contributed by atoms with Crippen LogP contribution in [0.1, 0.15) is 11.4 Å². The molecular weight excluding hydrogens is 406 g/mol. The standard InChI is InChI=1S/C21H16F2N6O2/c1-31-21-19-16(25-11-26-21)2-3-28(19)15-7-17-20(24-8-15)27-18(10-30)29(17)9-12-4-13(22)6-14(23)5-12/h2-8,11,30H,9-10H2,1H3. The Morgan fingerprint density at radius 2 is 1.87 bits per heavy atom. The lowest BCUT2D eigenvalue weighted by molar-refractivity contribution is 0.267. The summed E-state index contributed by atoms with van der Waals surface area (Å²) in [7, 11) is 1.53. The summed E-state index contributed by atoms with van der Waals surface area (Å²) >= 11 is 0. The molecule has 5 rings (SSSR count). The van der Waals surface area contributed by atoms with Crippen molar-refractivity contribution in [2.24, 2.45) is 0 Å². The highest BCUT2D eigenvalue weighted by atomic mass is 19.1. The molecule has 1 N–H and O–H groups in total. The predicted molar refractivity (Wildman–Crippen MR) is 108 cm³/mol. The maximum atomic E-state index is 13.7. The number of imidazole rings is 1. The molecule has 8 nitrogen and oxygen atoms in total. The second-order valence-corrected chi connectivity index (χ2v) is 6.89. The van der Waals surface area contributed by atoms with Crippen LogP contribution in [0.5, 0.6) is 5.88 Å². The van der Waals surface area contributed by atoms with Gasteiger partial charge in [-0.25, -0.2) is 23.7 Å². The SMILES string of the molecule is COc1ncnc2ccn(-c3cnc4nc(CO)n(Cc5cc(F)cc(F)c5)c4c3)c12. The summed E-state index contributed by atoms with van der Waals surface area (Å²) in [5, 5.41) is 9.77. The molecule has 0 atom stereocenters. The molecule has 0 aliphatic heterocycles. The first-order valence-corrected chi connectivity index (χ1v) is 9.35. The molecule has 0 fully saturated rings. The first-order chi connectivity index (χ1) is 15.1. The molecule has 156 valence electrons. The Kier molecular flexibility index (Phi) is 4.55. The normalized spacial score (nSPS) is 11.5. The second-order valence-electron chi connectivity index (χ2n) is 6.89. The summed E-state index contributed by atoms with van der Waals surface area (Å²) in [4.78, 5) is 17.2. The van der Waals surface area contributed by atoms with Crippen LogP contribution in [0, 0.1) is 11.6 Å². The molecule has 0 spiro atoms. The van der Waals surface area contributed by atoms with Crippen LogP contribution in [0.2, 0.25) is 0 Å². The molecule has 0 unspecified atom stereocenters. The van der Waals surface area contributed by atoms with E-state index >= 15 is 0 Å². The van der Waals surface area contributed by atoms with Gasteiger partial charge >= 0.3 is 0 Å². The molecule has 10 heteroatoms. The molecule has 0 bridgehead atoms. The number of ether oxygens (including phenoxy) is 1. The van der Waals surface area contributed by atoms with Gasteiger partial charge < -0.3 is 19.0 Å². The fourth-order valence-corrected chi connectivity index (χ4v) is 3.66. The fourth-order valence-electron chi connectivity index (χ4n) is 3.66. The van der Waals surface area contributed by atoms with E-state index in [-0.39, 0.29) is 13.2 Å². The van der Waals surface area contributed by atoms with Crippen LogP contribution in [0.3, 0.4) is 0 Å². The Bertz CT molecular complexity index is 1410. The summed E-state index contributed by atoms with van der Waals surface area (Å²) in [6.45, 7) is -0.233. The molecule has 0 amide bonds. The van der Waals surface area contributed by atoms with Crippen molar-refractivity contribution in [3.05, 3.63) is 72.1 Å². The number of aliphatic hydroxyl groups excluding tert-OH is 1. The van der Waals surface area contributed by atoms with E-state index in [9.17, 15) is 13.9 Å². The quantitative estimate of drug-likeness (QED) is 0.468. The highest BCUT2D eigenvalue weighted by molar-refractivity contribution is 5.83. The summed E-state index contributed by atoms with van der Waals surface area (Å²) in [6, 6.07) is 6.96. The van der Waals surface area contributed by atoms with Gasteiger partial charge in [-0.15, -0.1) is 0 Å². The van der Waals surface area contributed by atoms with E-state index in [1.807, 2.05) is 22.9 Å². The first-order valence-electron chi connectivity index (χ1n) is 9.35. The number of pyridine rings is 1. The third-order valence-corrected chi connectivity index (χ3v) is 4.99. The maximum absolute atomic E-state index is 13.7. The molecular formula is C21H16F2N6O2. The summed E-state index contributed by atoms with van der Waals surface area (Å²) < 4.78 is 36.2. The van der Waals surface area contributed by atoms with E-state index < -0.39 is 11.6 Å². The van der Waals surface area contributed by atoms with Crippen LogP contribution in [-0.2, 0) is 13.2 Å². The molecule has 4 heterocycles. The molecule has 0 saturated carbocycles. The Balaban J connectivity index is 1.67. The monoisotopic (exact) mass is 422 g/mol. The second kappa shape index (κ2) is 7.40. The fraction of sp³-hybridized carbons (Fsp3) is 0.143. The van der Waals surface area contributed by atoms with Gasteiger partial charge in [-0.1, -0.05) is 0 Å². The molecule has 0 aliphatic rings. The summed E-state index contributed by atoms with van der Waals surface area (Å²) in [5.74, 6) is -0.595. The van der Waals surface area contributed by atoms with Crippen molar-refractivity contribution in [3.8, 4) is 11.6 Å². The highest BCUT2D eigenvalue weighted by Gasteiger charge is 2.16. The zero-order chi connectivity index (χ0) is 21.5. The van der Waals surface area contributed by atoms with Gasteiger partial charge in [0.1, 0.15) is 35.9 Å². The van der Waals surface area contributed by atoms with E-state index in [0.29, 0.717) is 45.2 Å². The number of hydrogen-bond donors (Lipinski definition) is 1. The predicted octanol–water partition coefficient (Wildman–Crippen LogP) is 2.99. The zero-order valence-corrected chi connectivity index (χ0v) is 16.3. The van der Waals surface area contributed by atoms with Gasteiger partial charge in [-0.05, 0) is 29.8 Å². The van der Waals surface area contributed by atoms with E-state index in [2.05, 4.69) is 19.9 Å². The average Bonchev–Trinajstić information content (AvgIpc) is 3.34. The minimum absolute atomic E-state index is 0.116. The van der Waals surface area contributed by atoms with Gasteiger partial charge in [-0.2, -0.15) is 4.98 Å². The largest absolute Gasteiger partial charge is 0.479 e. The van der Waals surface area contributed by atoms with Gasteiger partial charge in [-0.3, -0.25) is 0 Å². The van der Waals surface area contributed by atoms with E-state index in [1.54, 1.807) is 10.8 Å². The van der Waals surface area contributed by atoms with Crippen molar-refractivity contribution in [3.63, 3.8) is 0 Å². The molecule has 0 radical (unpaired) electrons. The lowest BCUT2D eigenvalue weighted by atomic mass is 10.2. The third-order valence-electron chi connectivity index (χ3n) is 4.99. The van der Waals surface area contributed by atoms with Gasteiger partial charge in [0.25, 0.3) is 0 Å². The third kappa shape index (κ3) is 3.26. The number of halogens is 2. The molecule has 1 aromatic carbocycles. The first kappa shape index (κ1) is 19.1. The van der Waals surface area contributed by atoms with E-state index in [1.165, 1.54) is 25.6 Å². The number of aromatic nitrogens is 6. The molecule has 4 aromatic heterocycles. The van der Waals surface area contributed by atoms with E-state index in [0.717, 1.165) is 6.07 Å². The maximum Gasteiger partial charge on any atom is 0.241 e. The van der Waals surface area contributed by atoms with Crippen molar-refractivity contribution in [1.29, 1.82) is 0 Å². The van der Waals surface area contributed by atoms with Gasteiger partial charge in [0.2, 0.25) is 5.88 Å². The summed E-state index contributed by atoms with van der Waals surface area (Å²) in [6.07, 6.45) is 4.88. The van der Waals surface area contributed by atoms with Crippen LogP contribution < -0.4 is 4.74 Å². The Morgan fingerprint density at radius 3 is 2.61 bits per heavy atom. The number of aliphatic hydroxyl groups is 1. The summed E-state index contributed by atoms with van der Waals surface area (Å²) in [5.41, 5.74) is 3.47. The van der Waals surface area contributed by atoms with Crippen LogP contribution in [0.15, 0.2) is 49.1 Å². The number of fused-ring (bicyclic) bond motifs is 2. The molecule has 5 aromatic rings. The van der Waals surface area contributed by atoms with Crippen molar-refractivity contribution in [2.75, 3.05) is 7.11 Å². The van der Waals surface area contributed by atoms with Gasteiger partial charge in [0, 0.05) is 18.8 Å². The van der Waals surface area contributed by atoms with Crippen LogP contribution in [0.4, 0.5) is 8.78 Å². The number of rotatable bonds is 5. The molecule has 0 aliphatic carbocycles. The van der Waals surface area contributed by atoms with Gasteiger partial charge in [0.15, 0.2) is 5.65 Å². The Hall–Kier alpha value is -3.92. The lowest BCUT2D eigenvalue weighted by Crippen LogP contribution is -2.06. The number of hydrogen-bond acceptors (Lipinski definition) is 6. The number of methoxy groups -OCH3 is 1. The number of benzene rings is 1. The number of nitrogens with zero attached hydrogens (tertiary/aromatic N) is 6. The molecule has 31 heavy (non-hydrogen) atoms. The Morgan fingerprint density at radius 1 is 1.06 bits per heavy atom. The Labute approximate surface area is 174 Å². The zero-order valence-electron chi connectivity index (χ0n) is 16.3. The minimum Gasteiger partial charge on any atom is -0.479 e. The lowest BCUT2D eigenvalue weighted by Gasteiger charge is -2.10. The minimum atomic E-state index is -0.672. The van der Waals surface area contributed by atoms with Crippen LogP contribution in [-0.4, -0.2) is 41.3 Å². The van der Waals surface area contributed by atoms with E-state index in [4.69, 9.17) is 4.74 Å². The van der Waals surface area contributed by atoms with Crippen molar-refractivity contribution >= 4 is 22.2 Å². The van der Waals surface area contributed by atoms with Crippen LogP contribution >= 0.6 is 0 Å². The van der Waals surface area contributed by atoms with Crippen LogP contribution in [0.25, 0.3) is 27.9 Å². The van der Waals surface area contributed by atoms with Crippen molar-refractivity contribution < 1.29 is 18.6 Å².